The summed E-state index contributed by atoms with van der Waals surface area (Å²) >= 11 is 0. The van der Waals surface area contributed by atoms with Crippen LogP contribution in [0.3, 0.4) is 0 Å². The molecule has 0 radical (unpaired) electrons. The van der Waals surface area contributed by atoms with Gasteiger partial charge in [-0.05, 0) is 54.2 Å². The summed E-state index contributed by atoms with van der Waals surface area (Å²) in [6.45, 7) is 0. The molecule has 0 amide bonds. The lowest BCUT2D eigenvalue weighted by Gasteiger charge is -2.12. The Morgan fingerprint density at radius 3 is 2.07 bits per heavy atom. The summed E-state index contributed by atoms with van der Waals surface area (Å²) in [6.07, 6.45) is 11.0. The van der Waals surface area contributed by atoms with E-state index in [2.05, 4.69) is 6.07 Å². The molecular weight excluding hydrogens is 348 g/mol. The molecule has 0 aliphatic heterocycles. The Morgan fingerprint density at radius 2 is 1.36 bits per heavy atom. The first-order chi connectivity index (χ1) is 13.8. The van der Waals surface area contributed by atoms with E-state index >= 15 is 0 Å². The third-order valence-corrected chi connectivity index (χ3v) is 5.16. The summed E-state index contributed by atoms with van der Waals surface area (Å²) in [6, 6.07) is 19.4. The zero-order chi connectivity index (χ0) is 19.6. The van der Waals surface area contributed by atoms with Crippen molar-refractivity contribution in [3.05, 3.63) is 83.8 Å². The van der Waals surface area contributed by atoms with Crippen molar-refractivity contribution in [1.82, 2.24) is 0 Å². The highest BCUT2D eigenvalue weighted by Gasteiger charge is 2.13. The van der Waals surface area contributed by atoms with Gasteiger partial charge in [0.1, 0.15) is 5.76 Å². The largest absolute Gasteiger partial charge is 0.478 e. The Labute approximate surface area is 167 Å². The molecule has 0 unspecified atom stereocenters. The van der Waals surface area contributed by atoms with Crippen LogP contribution in [0, 0.1) is 0 Å². The number of furan rings is 1. The Morgan fingerprint density at radius 1 is 0.714 bits per heavy atom. The molecular formula is C25H28O3. The highest BCUT2D eigenvalue weighted by atomic mass is 16.4. The number of hydrogen-bond acceptors (Lipinski definition) is 2. The first-order valence-electron chi connectivity index (χ1n) is 10.2. The molecule has 146 valence electrons. The van der Waals surface area contributed by atoms with Gasteiger partial charge in [0.2, 0.25) is 0 Å². The molecule has 3 rings (SSSR count). The summed E-state index contributed by atoms with van der Waals surface area (Å²) in [7, 11) is 0. The van der Waals surface area contributed by atoms with Crippen molar-refractivity contribution in [1.29, 1.82) is 0 Å². The van der Waals surface area contributed by atoms with E-state index in [1.807, 2.05) is 42.5 Å². The molecule has 28 heavy (non-hydrogen) atoms. The molecule has 1 heterocycles. The van der Waals surface area contributed by atoms with Crippen molar-refractivity contribution < 1.29 is 14.3 Å². The molecule has 0 fully saturated rings. The van der Waals surface area contributed by atoms with Gasteiger partial charge in [-0.3, -0.25) is 0 Å². The molecule has 1 N–H and O–H groups in total. The highest BCUT2D eigenvalue weighted by Crippen LogP contribution is 2.28. The zero-order valence-corrected chi connectivity index (χ0v) is 16.3. The fourth-order valence-corrected chi connectivity index (χ4v) is 3.68. The number of unbranched alkanes of at least 4 members (excludes halogenated alkanes) is 5. The van der Waals surface area contributed by atoms with Crippen LogP contribution in [0.15, 0.2) is 71.3 Å². The lowest BCUT2D eigenvalue weighted by Crippen LogP contribution is -2.01. The van der Waals surface area contributed by atoms with Crippen molar-refractivity contribution >= 4 is 5.97 Å². The number of carbonyl (C=O) groups is 1. The monoisotopic (exact) mass is 376 g/mol. The second-order valence-electron chi connectivity index (χ2n) is 7.21. The summed E-state index contributed by atoms with van der Waals surface area (Å²) in [5.41, 5.74) is 3.45. The van der Waals surface area contributed by atoms with Crippen LogP contribution in [0.25, 0.3) is 11.1 Å². The number of aromatic carboxylic acids is 1. The van der Waals surface area contributed by atoms with Gasteiger partial charge in [-0.15, -0.1) is 0 Å². The second kappa shape index (κ2) is 10.5. The van der Waals surface area contributed by atoms with E-state index < -0.39 is 5.97 Å². The van der Waals surface area contributed by atoms with Crippen LogP contribution in [0.4, 0.5) is 0 Å². The van der Waals surface area contributed by atoms with E-state index in [4.69, 9.17) is 4.42 Å². The molecule has 0 aliphatic rings. The van der Waals surface area contributed by atoms with Crippen LogP contribution in [0.5, 0.6) is 0 Å². The van der Waals surface area contributed by atoms with E-state index in [1.54, 1.807) is 18.4 Å². The van der Waals surface area contributed by atoms with Crippen LogP contribution >= 0.6 is 0 Å². The quantitative estimate of drug-likeness (QED) is 0.376. The topological polar surface area (TPSA) is 50.4 Å². The van der Waals surface area contributed by atoms with Crippen LogP contribution in [-0.2, 0) is 12.8 Å². The van der Waals surface area contributed by atoms with Crippen LogP contribution in [0.1, 0.15) is 60.2 Å². The molecule has 1 aromatic heterocycles. The van der Waals surface area contributed by atoms with Gasteiger partial charge in [0.25, 0.3) is 0 Å². The van der Waals surface area contributed by atoms with Crippen LogP contribution in [0.2, 0.25) is 0 Å². The minimum Gasteiger partial charge on any atom is -0.478 e. The van der Waals surface area contributed by atoms with E-state index in [1.165, 1.54) is 37.7 Å². The summed E-state index contributed by atoms with van der Waals surface area (Å²) in [5, 5.41) is 9.49. The summed E-state index contributed by atoms with van der Waals surface area (Å²) in [5.74, 6) is 0.207. The number of hydrogen-bond donors (Lipinski definition) is 1. The fourth-order valence-electron chi connectivity index (χ4n) is 3.68. The molecule has 2 aromatic carbocycles. The number of rotatable bonds is 11. The lowest BCUT2D eigenvalue weighted by molar-refractivity contribution is 0.0697. The maximum Gasteiger partial charge on any atom is 0.336 e. The number of aryl methyl sites for hydroxylation is 2. The van der Waals surface area contributed by atoms with Gasteiger partial charge in [-0.25, -0.2) is 4.79 Å². The van der Waals surface area contributed by atoms with Gasteiger partial charge in [-0.2, -0.15) is 0 Å². The smallest absolute Gasteiger partial charge is 0.336 e. The number of benzene rings is 2. The molecule has 0 bridgehead atoms. The van der Waals surface area contributed by atoms with E-state index in [0.29, 0.717) is 5.56 Å². The van der Waals surface area contributed by atoms with Crippen molar-refractivity contribution in [2.24, 2.45) is 0 Å². The fraction of sp³-hybridized carbons (Fsp3) is 0.320. The standard InChI is InChI=1S/C25H28O3/c26-25(27)24-18-10-9-17-23(24)22-16-8-7-13-20(22)12-5-3-1-2-4-6-14-21-15-11-19-28-21/h7-11,13,15-19H,1-6,12,14H2,(H,26,27). The molecule has 3 heteroatoms. The molecule has 3 nitrogen and oxygen atoms in total. The zero-order valence-electron chi connectivity index (χ0n) is 16.3. The summed E-state index contributed by atoms with van der Waals surface area (Å²) < 4.78 is 5.36. The number of carboxylic acids is 1. The Kier molecular flexibility index (Phi) is 7.48. The second-order valence-corrected chi connectivity index (χ2v) is 7.21. The van der Waals surface area contributed by atoms with Gasteiger partial charge < -0.3 is 9.52 Å². The lowest BCUT2D eigenvalue weighted by atomic mass is 9.92. The molecule has 3 aromatic rings. The minimum absolute atomic E-state index is 0.367. The third-order valence-electron chi connectivity index (χ3n) is 5.16. The van der Waals surface area contributed by atoms with Crippen molar-refractivity contribution in [3.63, 3.8) is 0 Å². The SMILES string of the molecule is O=C(O)c1ccccc1-c1ccccc1CCCCCCCCc1ccco1. The van der Waals surface area contributed by atoms with Gasteiger partial charge in [0.05, 0.1) is 11.8 Å². The van der Waals surface area contributed by atoms with Crippen LogP contribution < -0.4 is 0 Å². The van der Waals surface area contributed by atoms with E-state index in [0.717, 1.165) is 36.1 Å². The van der Waals surface area contributed by atoms with Crippen LogP contribution in [-0.4, -0.2) is 11.1 Å². The van der Waals surface area contributed by atoms with Crippen molar-refractivity contribution in [3.8, 4) is 11.1 Å². The Balaban J connectivity index is 1.46. The van der Waals surface area contributed by atoms with Gasteiger partial charge in [0.15, 0.2) is 0 Å². The van der Waals surface area contributed by atoms with Gasteiger partial charge in [-0.1, -0.05) is 68.1 Å². The Bertz CT molecular complexity index is 865. The Hall–Kier alpha value is -2.81. The van der Waals surface area contributed by atoms with Gasteiger partial charge in [0, 0.05) is 6.42 Å². The predicted octanol–water partition coefficient (Wildman–Crippen LogP) is 6.77. The summed E-state index contributed by atoms with van der Waals surface area (Å²) in [4.78, 5) is 11.6. The third kappa shape index (κ3) is 5.59. The molecule has 0 saturated heterocycles. The maximum absolute atomic E-state index is 11.6. The van der Waals surface area contributed by atoms with E-state index in [-0.39, 0.29) is 0 Å². The first kappa shape index (κ1) is 19.9. The van der Waals surface area contributed by atoms with Crippen molar-refractivity contribution in [2.75, 3.05) is 0 Å². The highest BCUT2D eigenvalue weighted by molar-refractivity contribution is 5.96. The van der Waals surface area contributed by atoms with E-state index in [9.17, 15) is 9.90 Å². The van der Waals surface area contributed by atoms with Crippen molar-refractivity contribution in [2.45, 2.75) is 51.4 Å². The molecule has 0 atom stereocenters. The average molecular weight is 376 g/mol. The minimum atomic E-state index is -0.875. The molecule has 0 aliphatic carbocycles. The molecule has 0 spiro atoms. The predicted molar refractivity (Wildman–Crippen MR) is 113 cm³/mol. The number of carboxylic acid groups (broad SMARTS) is 1. The van der Waals surface area contributed by atoms with Gasteiger partial charge >= 0.3 is 5.97 Å². The first-order valence-corrected chi connectivity index (χ1v) is 10.2. The molecule has 0 saturated carbocycles. The average Bonchev–Trinajstić information content (AvgIpc) is 3.24. The maximum atomic E-state index is 11.6. The normalized spacial score (nSPS) is 10.9.